The van der Waals surface area contributed by atoms with E-state index in [1.807, 2.05) is 0 Å². The number of nitrogens with two attached hydrogens (primary N) is 1. The zero-order chi connectivity index (χ0) is 18.2. The molecule has 0 aromatic carbocycles. The van der Waals surface area contributed by atoms with Crippen molar-refractivity contribution in [1.29, 1.82) is 0 Å². The lowest BCUT2D eigenvalue weighted by molar-refractivity contribution is -0.122. The number of rotatable bonds is 6. The van der Waals surface area contributed by atoms with Gasteiger partial charge in [0.25, 0.3) is 0 Å². The summed E-state index contributed by atoms with van der Waals surface area (Å²) in [6.07, 6.45) is 18.4. The van der Waals surface area contributed by atoms with Gasteiger partial charge in [-0.3, -0.25) is 4.79 Å². The molecule has 1 aromatic rings. The molecule has 3 aliphatic carbocycles. The van der Waals surface area contributed by atoms with E-state index >= 15 is 0 Å². The van der Waals surface area contributed by atoms with Gasteiger partial charge in [0.2, 0.25) is 5.91 Å². The predicted octanol–water partition coefficient (Wildman–Crippen LogP) is 4.06. The lowest BCUT2D eigenvalue weighted by atomic mass is 9.63. The summed E-state index contributed by atoms with van der Waals surface area (Å²) in [5, 5.41) is 9.01. The maximum absolute atomic E-state index is 11.9. The molecule has 3 saturated carbocycles. The van der Waals surface area contributed by atoms with Crippen LogP contribution in [0.15, 0.2) is 6.20 Å². The summed E-state index contributed by atoms with van der Waals surface area (Å²) in [7, 11) is 0. The van der Waals surface area contributed by atoms with Crippen LogP contribution >= 0.6 is 0 Å². The number of amides is 1. The molecule has 0 spiro atoms. The van der Waals surface area contributed by atoms with Crippen LogP contribution in [0.25, 0.3) is 0 Å². The number of primary amides is 1. The van der Waals surface area contributed by atoms with Crippen molar-refractivity contribution in [3.05, 3.63) is 11.9 Å². The van der Waals surface area contributed by atoms with Crippen LogP contribution in [0.3, 0.4) is 0 Å². The van der Waals surface area contributed by atoms with Gasteiger partial charge < -0.3 is 5.73 Å². The maximum atomic E-state index is 11.9. The van der Waals surface area contributed by atoms with Crippen molar-refractivity contribution in [2.45, 2.75) is 101 Å². The van der Waals surface area contributed by atoms with Crippen molar-refractivity contribution in [2.75, 3.05) is 0 Å². The van der Waals surface area contributed by atoms with Crippen LogP contribution in [0.2, 0.25) is 0 Å². The average molecular weight is 359 g/mol. The molecule has 3 aliphatic rings. The first-order valence-corrected chi connectivity index (χ1v) is 10.8. The Morgan fingerprint density at radius 1 is 1.15 bits per heavy atom. The Bertz CT molecular complexity index is 638. The van der Waals surface area contributed by atoms with Crippen LogP contribution < -0.4 is 5.73 Å². The SMILES string of the molecule is C[C@@](CC1CCCCC1)(c1cn(C2(C(N)=O)CC2)nn1)C1CCCCC1. The molecule has 1 atom stereocenters. The quantitative estimate of drug-likeness (QED) is 0.833. The molecular formula is C21H34N4O. The number of hydrogen-bond donors (Lipinski definition) is 1. The fourth-order valence-electron chi connectivity index (χ4n) is 5.65. The Balaban J connectivity index is 1.61. The third-order valence-electron chi connectivity index (χ3n) is 7.64. The molecule has 0 unspecified atom stereocenters. The van der Waals surface area contributed by atoms with Crippen LogP contribution in [0, 0.1) is 11.8 Å². The number of nitrogens with zero attached hydrogens (tertiary/aromatic N) is 3. The molecule has 1 aromatic heterocycles. The second-order valence-corrected chi connectivity index (χ2v) is 9.40. The van der Waals surface area contributed by atoms with Gasteiger partial charge in [-0.15, -0.1) is 5.10 Å². The number of carbonyl (C=O) groups excluding carboxylic acids is 1. The molecule has 1 heterocycles. The molecule has 0 radical (unpaired) electrons. The van der Waals surface area contributed by atoms with Crippen LogP contribution in [0.5, 0.6) is 0 Å². The molecule has 1 amide bonds. The summed E-state index contributed by atoms with van der Waals surface area (Å²) in [6, 6.07) is 0. The fourth-order valence-corrected chi connectivity index (χ4v) is 5.65. The monoisotopic (exact) mass is 358 g/mol. The normalized spacial score (nSPS) is 26.3. The molecule has 5 heteroatoms. The van der Waals surface area contributed by atoms with Crippen molar-refractivity contribution in [2.24, 2.45) is 17.6 Å². The van der Waals surface area contributed by atoms with E-state index in [0.717, 1.165) is 24.5 Å². The van der Waals surface area contributed by atoms with Crippen molar-refractivity contribution < 1.29 is 4.79 Å². The Morgan fingerprint density at radius 2 is 1.77 bits per heavy atom. The van der Waals surface area contributed by atoms with Crippen molar-refractivity contribution in [1.82, 2.24) is 15.0 Å². The van der Waals surface area contributed by atoms with Gasteiger partial charge >= 0.3 is 0 Å². The minimum Gasteiger partial charge on any atom is -0.368 e. The van der Waals surface area contributed by atoms with Gasteiger partial charge in [-0.25, -0.2) is 4.68 Å². The number of aromatic nitrogens is 3. The van der Waals surface area contributed by atoms with Crippen LogP contribution in [0.4, 0.5) is 0 Å². The van der Waals surface area contributed by atoms with Gasteiger partial charge in [0, 0.05) is 5.41 Å². The van der Waals surface area contributed by atoms with Crippen LogP contribution in [-0.2, 0) is 15.7 Å². The summed E-state index contributed by atoms with van der Waals surface area (Å²) < 4.78 is 1.78. The van der Waals surface area contributed by atoms with Crippen LogP contribution in [0.1, 0.15) is 96.1 Å². The number of hydrogen-bond acceptors (Lipinski definition) is 3. The van der Waals surface area contributed by atoms with Gasteiger partial charge in [-0.2, -0.15) is 0 Å². The first-order chi connectivity index (χ1) is 12.5. The zero-order valence-electron chi connectivity index (χ0n) is 16.3. The highest BCUT2D eigenvalue weighted by Crippen LogP contribution is 2.48. The Hall–Kier alpha value is -1.39. The first-order valence-electron chi connectivity index (χ1n) is 10.8. The highest BCUT2D eigenvalue weighted by molar-refractivity contribution is 5.85. The van der Waals surface area contributed by atoms with Gasteiger partial charge in [0.05, 0.1) is 11.9 Å². The Kier molecular flexibility index (Phi) is 4.83. The lowest BCUT2D eigenvalue weighted by Gasteiger charge is -2.41. The minimum atomic E-state index is -0.594. The van der Waals surface area contributed by atoms with E-state index in [1.54, 1.807) is 4.68 Å². The second kappa shape index (κ2) is 6.97. The van der Waals surface area contributed by atoms with Gasteiger partial charge in [-0.1, -0.05) is 63.5 Å². The largest absolute Gasteiger partial charge is 0.368 e. The highest BCUT2D eigenvalue weighted by Gasteiger charge is 2.52. The number of carbonyl (C=O) groups is 1. The Morgan fingerprint density at radius 3 is 2.35 bits per heavy atom. The molecule has 4 rings (SSSR count). The smallest absolute Gasteiger partial charge is 0.245 e. The van der Waals surface area contributed by atoms with E-state index in [2.05, 4.69) is 23.4 Å². The van der Waals surface area contributed by atoms with Gasteiger partial charge in [0.1, 0.15) is 5.54 Å². The maximum Gasteiger partial charge on any atom is 0.245 e. The van der Waals surface area contributed by atoms with Gasteiger partial charge in [0.15, 0.2) is 0 Å². The molecular weight excluding hydrogens is 324 g/mol. The average Bonchev–Trinajstić information content (AvgIpc) is 3.33. The summed E-state index contributed by atoms with van der Waals surface area (Å²) in [5.74, 6) is 1.24. The van der Waals surface area contributed by atoms with Crippen molar-refractivity contribution >= 4 is 5.91 Å². The van der Waals surface area contributed by atoms with E-state index < -0.39 is 5.54 Å². The van der Waals surface area contributed by atoms with Gasteiger partial charge in [-0.05, 0) is 43.9 Å². The van der Waals surface area contributed by atoms with E-state index in [4.69, 9.17) is 5.73 Å². The molecule has 144 valence electrons. The standard InChI is InChI=1S/C21H34N4O/c1-20(17-10-6-3-7-11-17,14-16-8-4-2-5-9-16)18-15-25(24-23-18)21(12-13-21)19(22)26/h15-17H,2-14H2,1H3,(H2,22,26)/t20-/m0/s1. The van der Waals surface area contributed by atoms with E-state index in [0.29, 0.717) is 5.92 Å². The molecule has 0 bridgehead atoms. The topological polar surface area (TPSA) is 73.8 Å². The molecule has 0 aliphatic heterocycles. The lowest BCUT2D eigenvalue weighted by Crippen LogP contribution is -2.37. The summed E-state index contributed by atoms with van der Waals surface area (Å²) in [4.78, 5) is 11.9. The summed E-state index contributed by atoms with van der Waals surface area (Å²) >= 11 is 0. The summed E-state index contributed by atoms with van der Waals surface area (Å²) in [6.45, 7) is 2.43. The minimum absolute atomic E-state index is 0.0778. The second-order valence-electron chi connectivity index (χ2n) is 9.40. The molecule has 26 heavy (non-hydrogen) atoms. The Labute approximate surface area is 157 Å². The first kappa shape index (κ1) is 18.0. The molecule has 5 nitrogen and oxygen atoms in total. The third kappa shape index (κ3) is 3.18. The zero-order valence-corrected chi connectivity index (χ0v) is 16.3. The fraction of sp³-hybridized carbons (Fsp3) is 0.857. The van der Waals surface area contributed by atoms with Crippen molar-refractivity contribution in [3.63, 3.8) is 0 Å². The molecule has 3 fully saturated rings. The third-order valence-corrected chi connectivity index (χ3v) is 7.64. The van der Waals surface area contributed by atoms with E-state index in [-0.39, 0.29) is 11.3 Å². The van der Waals surface area contributed by atoms with Crippen LogP contribution in [-0.4, -0.2) is 20.9 Å². The van der Waals surface area contributed by atoms with Crippen molar-refractivity contribution in [3.8, 4) is 0 Å². The van der Waals surface area contributed by atoms with E-state index in [1.165, 1.54) is 70.6 Å². The highest BCUT2D eigenvalue weighted by atomic mass is 16.2. The predicted molar refractivity (Wildman–Crippen MR) is 102 cm³/mol. The van der Waals surface area contributed by atoms with E-state index in [9.17, 15) is 4.79 Å². The summed E-state index contributed by atoms with van der Waals surface area (Å²) in [5.41, 5.74) is 6.23. The molecule has 2 N–H and O–H groups in total. The molecule has 0 saturated heterocycles.